The van der Waals surface area contributed by atoms with Gasteiger partial charge in [0.25, 0.3) is 5.56 Å². The van der Waals surface area contributed by atoms with Gasteiger partial charge < -0.3 is 33.7 Å². The van der Waals surface area contributed by atoms with Crippen molar-refractivity contribution < 1.29 is 33.2 Å². The summed E-state index contributed by atoms with van der Waals surface area (Å²) < 4.78 is 33.1. The predicted octanol–water partition coefficient (Wildman–Crippen LogP) is 3.71. The zero-order chi connectivity index (χ0) is 27.8. The first-order valence-corrected chi connectivity index (χ1v) is 12.3. The van der Waals surface area contributed by atoms with Crippen LogP contribution in [0.3, 0.4) is 0 Å². The molecule has 0 radical (unpaired) electrons. The largest absolute Gasteiger partial charge is 0.493 e. The first kappa shape index (κ1) is 26.1. The molecule has 5 rings (SSSR count). The van der Waals surface area contributed by atoms with Gasteiger partial charge in [0.1, 0.15) is 5.82 Å². The average Bonchev–Trinajstić information content (AvgIpc) is 3.33. The Labute approximate surface area is 225 Å². The fourth-order valence-electron chi connectivity index (χ4n) is 5.59. The Kier molecular flexibility index (Phi) is 6.90. The van der Waals surface area contributed by atoms with Crippen molar-refractivity contribution in [2.45, 2.75) is 24.7 Å². The fraction of sp³-hybridized carbons (Fsp3) is 0.357. The number of Topliss-reactive ketones (excluding diaryl/α,β-unsaturated/α-hetero) is 1. The van der Waals surface area contributed by atoms with E-state index in [4.69, 9.17) is 28.4 Å². The number of rotatable bonds is 8. The van der Waals surface area contributed by atoms with Crippen LogP contribution in [0, 0.1) is 0 Å². The molecule has 11 nitrogen and oxygen atoms in total. The molecule has 0 saturated carbocycles. The summed E-state index contributed by atoms with van der Waals surface area (Å²) in [6.45, 7) is 0. The molecule has 0 fully saturated rings. The number of allylic oxidation sites excluding steroid dienone is 2. The van der Waals surface area contributed by atoms with Crippen molar-refractivity contribution in [1.82, 2.24) is 10.2 Å². The number of anilines is 1. The van der Waals surface area contributed by atoms with Crippen LogP contribution in [0.4, 0.5) is 5.82 Å². The van der Waals surface area contributed by atoms with Gasteiger partial charge in [-0.15, -0.1) is 0 Å². The average molecular weight is 538 g/mol. The number of ketones is 1. The Morgan fingerprint density at radius 2 is 1.18 bits per heavy atom. The van der Waals surface area contributed by atoms with Gasteiger partial charge >= 0.3 is 0 Å². The number of aromatic amines is 2. The Morgan fingerprint density at radius 3 is 1.67 bits per heavy atom. The molecule has 0 unspecified atom stereocenters. The molecule has 1 aliphatic carbocycles. The number of nitrogens with one attached hydrogen (secondary N) is 3. The second kappa shape index (κ2) is 10.3. The summed E-state index contributed by atoms with van der Waals surface area (Å²) in [7, 11) is 9.23. The van der Waals surface area contributed by atoms with E-state index in [0.29, 0.717) is 63.4 Å². The molecular weight excluding hydrogens is 506 g/mol. The molecule has 3 N–H and O–H groups in total. The minimum absolute atomic E-state index is 0.0764. The molecular formula is C28H31N3O8. The Hall–Kier alpha value is -4.54. The first-order valence-electron chi connectivity index (χ1n) is 12.3. The molecule has 39 heavy (non-hydrogen) atoms. The zero-order valence-corrected chi connectivity index (χ0v) is 22.6. The van der Waals surface area contributed by atoms with E-state index >= 15 is 0 Å². The van der Waals surface area contributed by atoms with Crippen LogP contribution in [0.25, 0.3) is 0 Å². The molecule has 1 aromatic heterocycles. The number of hydrogen-bond donors (Lipinski definition) is 3. The molecule has 0 bridgehead atoms. The SMILES string of the molecule is COc1cc([C@H]2CC(=O)C3=C(C2)Nc2[nH][nH]c(=O)c2[C@H]3c2cc(OC)c(OC)c(OC)c2)cc(OC)c1OC. The topological polar surface area (TPSA) is 133 Å². The van der Waals surface area contributed by atoms with Crippen LogP contribution in [0.15, 0.2) is 40.3 Å². The van der Waals surface area contributed by atoms with E-state index in [2.05, 4.69) is 15.5 Å². The van der Waals surface area contributed by atoms with E-state index in [9.17, 15) is 9.59 Å². The number of aromatic nitrogens is 2. The number of fused-ring (bicyclic) bond motifs is 1. The molecule has 1 aliphatic heterocycles. The lowest BCUT2D eigenvalue weighted by molar-refractivity contribution is -0.116. The van der Waals surface area contributed by atoms with Gasteiger partial charge in [0, 0.05) is 23.6 Å². The molecule has 2 aromatic carbocycles. The van der Waals surface area contributed by atoms with Gasteiger partial charge in [-0.05, 0) is 47.7 Å². The Bertz CT molecular complexity index is 1470. The molecule has 3 aromatic rings. The minimum atomic E-state index is -0.645. The molecule has 2 heterocycles. The Balaban J connectivity index is 1.64. The molecule has 0 saturated heterocycles. The van der Waals surface area contributed by atoms with E-state index in [1.54, 1.807) is 33.5 Å². The van der Waals surface area contributed by atoms with Gasteiger partial charge in [-0.2, -0.15) is 0 Å². The van der Waals surface area contributed by atoms with Crippen LogP contribution < -0.4 is 39.3 Å². The van der Waals surface area contributed by atoms with E-state index in [0.717, 1.165) is 11.3 Å². The van der Waals surface area contributed by atoms with Crippen molar-refractivity contribution in [3.05, 3.63) is 62.6 Å². The van der Waals surface area contributed by atoms with Crippen LogP contribution in [0.5, 0.6) is 34.5 Å². The summed E-state index contributed by atoms with van der Waals surface area (Å²) in [6.07, 6.45) is 0.755. The van der Waals surface area contributed by atoms with Crippen molar-refractivity contribution in [2.24, 2.45) is 0 Å². The summed E-state index contributed by atoms with van der Waals surface area (Å²) in [5.41, 5.74) is 2.91. The van der Waals surface area contributed by atoms with Crippen LogP contribution in [0.2, 0.25) is 0 Å². The van der Waals surface area contributed by atoms with Gasteiger partial charge in [-0.1, -0.05) is 0 Å². The summed E-state index contributed by atoms with van der Waals surface area (Å²) in [6, 6.07) is 7.29. The molecule has 2 atom stereocenters. The maximum absolute atomic E-state index is 13.9. The molecule has 0 spiro atoms. The summed E-state index contributed by atoms with van der Waals surface area (Å²) in [5.74, 6) is 2.43. The number of methoxy groups -OCH3 is 6. The number of ether oxygens (including phenoxy) is 6. The van der Waals surface area contributed by atoms with Gasteiger partial charge in [0.15, 0.2) is 28.8 Å². The van der Waals surface area contributed by atoms with E-state index in [1.807, 2.05) is 12.1 Å². The van der Waals surface area contributed by atoms with Gasteiger partial charge in [-0.25, -0.2) is 0 Å². The van der Waals surface area contributed by atoms with E-state index in [-0.39, 0.29) is 23.7 Å². The normalized spacial score (nSPS) is 18.1. The Morgan fingerprint density at radius 1 is 0.667 bits per heavy atom. The maximum atomic E-state index is 13.9. The lowest BCUT2D eigenvalue weighted by Crippen LogP contribution is -2.31. The number of H-pyrrole nitrogens is 2. The van der Waals surface area contributed by atoms with E-state index in [1.165, 1.54) is 21.3 Å². The molecule has 206 valence electrons. The standard InChI is InChI=1S/C28H31N3O8/c1-34-18-9-14(10-19(35-2)25(18)38-5)13-7-16-23(17(32)8-13)22(24-27(29-16)30-31-28(24)33)15-11-20(36-3)26(39-6)21(12-15)37-4/h9-13,22H,7-8H2,1-6H3,(H3,29,30,31,33)/t13-,22+/m1/s1. The molecule has 2 aliphatic rings. The second-order valence-electron chi connectivity index (χ2n) is 9.26. The minimum Gasteiger partial charge on any atom is -0.493 e. The molecule has 0 amide bonds. The third-order valence-electron chi connectivity index (χ3n) is 7.35. The van der Waals surface area contributed by atoms with Crippen LogP contribution in [-0.2, 0) is 4.79 Å². The van der Waals surface area contributed by atoms with E-state index < -0.39 is 5.92 Å². The van der Waals surface area contributed by atoms with Crippen LogP contribution in [-0.4, -0.2) is 58.6 Å². The van der Waals surface area contributed by atoms with Crippen molar-refractivity contribution in [1.29, 1.82) is 0 Å². The summed E-state index contributed by atoms with van der Waals surface area (Å²) in [5, 5.41) is 8.88. The van der Waals surface area contributed by atoms with Crippen LogP contribution in [0.1, 0.15) is 41.4 Å². The highest BCUT2D eigenvalue weighted by Gasteiger charge is 2.41. The van der Waals surface area contributed by atoms with Crippen molar-refractivity contribution in [3.8, 4) is 34.5 Å². The zero-order valence-electron chi connectivity index (χ0n) is 22.6. The second-order valence-corrected chi connectivity index (χ2v) is 9.26. The third kappa shape index (κ3) is 4.23. The lowest BCUT2D eigenvalue weighted by Gasteiger charge is -2.35. The lowest BCUT2D eigenvalue weighted by atomic mass is 9.72. The summed E-state index contributed by atoms with van der Waals surface area (Å²) in [4.78, 5) is 26.9. The van der Waals surface area contributed by atoms with Gasteiger partial charge in [0.05, 0.1) is 48.2 Å². The summed E-state index contributed by atoms with van der Waals surface area (Å²) >= 11 is 0. The van der Waals surface area contributed by atoms with Crippen molar-refractivity contribution >= 4 is 11.6 Å². The quantitative estimate of drug-likeness (QED) is 0.393. The highest BCUT2D eigenvalue weighted by Crippen LogP contribution is 2.50. The fourth-order valence-corrected chi connectivity index (χ4v) is 5.59. The van der Waals surface area contributed by atoms with Gasteiger partial charge in [-0.3, -0.25) is 19.8 Å². The monoisotopic (exact) mass is 537 g/mol. The van der Waals surface area contributed by atoms with Gasteiger partial charge in [0.2, 0.25) is 11.5 Å². The number of benzene rings is 2. The smallest absolute Gasteiger partial charge is 0.270 e. The maximum Gasteiger partial charge on any atom is 0.270 e. The van der Waals surface area contributed by atoms with Crippen molar-refractivity contribution in [3.63, 3.8) is 0 Å². The van der Waals surface area contributed by atoms with Crippen LogP contribution >= 0.6 is 0 Å². The number of carbonyl (C=O) groups is 1. The number of carbonyl (C=O) groups excluding carboxylic acids is 1. The predicted molar refractivity (Wildman–Crippen MR) is 143 cm³/mol. The third-order valence-corrected chi connectivity index (χ3v) is 7.35. The highest BCUT2D eigenvalue weighted by molar-refractivity contribution is 6.01. The van der Waals surface area contributed by atoms with Crippen molar-refractivity contribution in [2.75, 3.05) is 48.0 Å². The first-order chi connectivity index (χ1) is 18.9. The number of hydrogen-bond acceptors (Lipinski definition) is 9. The highest BCUT2D eigenvalue weighted by atomic mass is 16.5. The molecule has 11 heteroatoms.